The van der Waals surface area contributed by atoms with Crippen molar-refractivity contribution in [2.75, 3.05) is 26.2 Å². The Hall–Kier alpha value is -4.03. The molecule has 0 radical (unpaired) electrons. The first kappa shape index (κ1) is 34.0. The quantitative estimate of drug-likeness (QED) is 0.179. The third-order valence-electron chi connectivity index (χ3n) is 4.70. The number of hydrogen-bond acceptors (Lipinski definition) is 8. The van der Waals surface area contributed by atoms with Gasteiger partial charge in [-0.1, -0.05) is 30.3 Å². The maximum atomic E-state index is 12.7. The van der Waals surface area contributed by atoms with E-state index in [-0.39, 0.29) is 39.2 Å². The summed E-state index contributed by atoms with van der Waals surface area (Å²) >= 11 is 0. The van der Waals surface area contributed by atoms with Crippen LogP contribution < -0.4 is 26.6 Å². The molecule has 1 rings (SSSR count). The molecule has 0 heterocycles. The van der Waals surface area contributed by atoms with Crippen LogP contribution in [0.2, 0.25) is 0 Å². The molecule has 0 aliphatic heterocycles. The number of carbonyl (C=O) groups excluding carboxylic acids is 5. The fraction of sp³-hybridized carbons (Fsp3) is 0.593. The van der Waals surface area contributed by atoms with Crippen LogP contribution in [0.5, 0.6) is 0 Å². The van der Waals surface area contributed by atoms with Gasteiger partial charge in [0.25, 0.3) is 0 Å². The van der Waals surface area contributed by atoms with Crippen molar-refractivity contribution >= 4 is 30.1 Å². The molecule has 0 fully saturated rings. The van der Waals surface area contributed by atoms with Gasteiger partial charge in [0.1, 0.15) is 23.9 Å². The number of carbonyl (C=O) groups is 5. The van der Waals surface area contributed by atoms with Crippen LogP contribution in [0.4, 0.5) is 14.4 Å². The predicted octanol–water partition coefficient (Wildman–Crippen LogP) is 2.34. The Balaban J connectivity index is 2.44. The minimum Gasteiger partial charge on any atom is -0.445 e. The Morgan fingerprint density at radius 3 is 1.95 bits per heavy atom. The lowest BCUT2D eigenvalue weighted by atomic mass is 10.1. The van der Waals surface area contributed by atoms with Crippen molar-refractivity contribution in [3.63, 3.8) is 0 Å². The van der Waals surface area contributed by atoms with Crippen molar-refractivity contribution < 1.29 is 38.2 Å². The van der Waals surface area contributed by atoms with Gasteiger partial charge >= 0.3 is 18.3 Å². The van der Waals surface area contributed by atoms with Gasteiger partial charge in [0, 0.05) is 19.6 Å². The SMILES string of the molecule is CC(C)(C)OC(=O)NCCNC(=O)[C@H](CCCNC(=O)CNC(=O)OCc1ccccc1)NC(=O)OC(C)(C)C. The average molecular weight is 566 g/mol. The molecule has 0 aliphatic carbocycles. The summed E-state index contributed by atoms with van der Waals surface area (Å²) in [6, 6.07) is 8.18. The molecule has 1 aromatic rings. The number of benzene rings is 1. The van der Waals surface area contributed by atoms with E-state index in [9.17, 15) is 24.0 Å². The second-order valence-corrected chi connectivity index (χ2v) is 10.8. The Bertz CT molecular complexity index is 973. The monoisotopic (exact) mass is 565 g/mol. The zero-order chi connectivity index (χ0) is 30.2. The highest BCUT2D eigenvalue weighted by Gasteiger charge is 2.24. The summed E-state index contributed by atoms with van der Waals surface area (Å²) in [6.07, 6.45) is -1.56. The molecular weight excluding hydrogens is 522 g/mol. The van der Waals surface area contributed by atoms with Crippen molar-refractivity contribution in [1.82, 2.24) is 26.6 Å². The van der Waals surface area contributed by atoms with Crippen molar-refractivity contribution in [2.45, 2.75) is 78.2 Å². The molecule has 1 atom stereocenters. The molecule has 0 saturated heterocycles. The molecule has 40 heavy (non-hydrogen) atoms. The largest absolute Gasteiger partial charge is 0.445 e. The standard InChI is InChI=1S/C27H43N5O8/c1-26(2,3)39-24(36)30-16-15-29-22(34)20(32-25(37)40-27(4,5)6)13-10-14-28-21(33)17-31-23(35)38-18-19-11-8-7-9-12-19/h7-9,11-12,20H,10,13-18H2,1-6H3,(H,28,33)(H,29,34)(H,30,36)(H,31,35)(H,32,37)/t20-/m0/s1. The minimum atomic E-state index is -0.945. The lowest BCUT2D eigenvalue weighted by Crippen LogP contribution is -2.49. The van der Waals surface area contributed by atoms with Crippen LogP contribution in [0.1, 0.15) is 59.9 Å². The van der Waals surface area contributed by atoms with Crippen LogP contribution in [-0.4, -0.2) is 73.5 Å². The van der Waals surface area contributed by atoms with Gasteiger partial charge in [0.15, 0.2) is 0 Å². The summed E-state index contributed by atoms with van der Waals surface area (Å²) in [4.78, 5) is 60.5. The predicted molar refractivity (Wildman–Crippen MR) is 147 cm³/mol. The van der Waals surface area contributed by atoms with E-state index in [1.165, 1.54) is 0 Å². The summed E-state index contributed by atoms with van der Waals surface area (Å²) in [6.45, 7) is 10.5. The number of ether oxygens (including phenoxy) is 3. The van der Waals surface area contributed by atoms with Crippen LogP contribution in [0.25, 0.3) is 0 Å². The van der Waals surface area contributed by atoms with Crippen LogP contribution in [0, 0.1) is 0 Å². The van der Waals surface area contributed by atoms with Gasteiger partial charge in [0.2, 0.25) is 11.8 Å². The van der Waals surface area contributed by atoms with Crippen molar-refractivity contribution in [3.05, 3.63) is 35.9 Å². The third-order valence-corrected chi connectivity index (χ3v) is 4.70. The second-order valence-electron chi connectivity index (χ2n) is 10.8. The maximum Gasteiger partial charge on any atom is 0.408 e. The number of hydrogen-bond donors (Lipinski definition) is 5. The second kappa shape index (κ2) is 16.8. The summed E-state index contributed by atoms with van der Waals surface area (Å²) in [5, 5.41) is 12.7. The smallest absolute Gasteiger partial charge is 0.408 e. The van der Waals surface area contributed by atoms with Gasteiger partial charge in [-0.25, -0.2) is 14.4 Å². The highest BCUT2D eigenvalue weighted by atomic mass is 16.6. The molecular formula is C27H43N5O8. The lowest BCUT2D eigenvalue weighted by molar-refractivity contribution is -0.123. The molecule has 0 aromatic heterocycles. The highest BCUT2D eigenvalue weighted by molar-refractivity contribution is 5.85. The molecule has 1 aromatic carbocycles. The van der Waals surface area contributed by atoms with Gasteiger partial charge in [0.05, 0.1) is 6.54 Å². The van der Waals surface area contributed by atoms with Gasteiger partial charge in [-0.05, 0) is 59.9 Å². The van der Waals surface area contributed by atoms with Crippen molar-refractivity contribution in [1.29, 1.82) is 0 Å². The summed E-state index contributed by atoms with van der Waals surface area (Å²) < 4.78 is 15.4. The molecule has 0 unspecified atom stereocenters. The molecule has 5 N–H and O–H groups in total. The Labute approximate surface area is 235 Å². The van der Waals surface area contributed by atoms with Crippen molar-refractivity contribution in [2.24, 2.45) is 0 Å². The first-order valence-electron chi connectivity index (χ1n) is 13.1. The number of rotatable bonds is 13. The first-order chi connectivity index (χ1) is 18.6. The van der Waals surface area contributed by atoms with Crippen LogP contribution in [-0.2, 0) is 30.4 Å². The number of nitrogens with one attached hydrogen (secondary N) is 5. The van der Waals surface area contributed by atoms with E-state index in [2.05, 4.69) is 26.6 Å². The Morgan fingerprint density at radius 2 is 1.32 bits per heavy atom. The molecule has 13 nitrogen and oxygen atoms in total. The third kappa shape index (κ3) is 17.5. The van der Waals surface area contributed by atoms with Gasteiger partial charge < -0.3 is 40.8 Å². The first-order valence-corrected chi connectivity index (χ1v) is 13.1. The van der Waals surface area contributed by atoms with Gasteiger partial charge in [-0.2, -0.15) is 0 Å². The summed E-state index contributed by atoms with van der Waals surface area (Å²) in [5.74, 6) is -0.919. The average Bonchev–Trinajstić information content (AvgIpc) is 2.84. The van der Waals surface area contributed by atoms with Crippen LogP contribution in [0.3, 0.4) is 0 Å². The number of amides is 5. The fourth-order valence-corrected chi connectivity index (χ4v) is 3.03. The normalized spacial score (nSPS) is 11.8. The zero-order valence-electron chi connectivity index (χ0n) is 24.2. The van der Waals surface area contributed by atoms with E-state index >= 15 is 0 Å². The molecule has 224 valence electrons. The van der Waals surface area contributed by atoms with Crippen LogP contribution >= 0.6 is 0 Å². The lowest BCUT2D eigenvalue weighted by Gasteiger charge is -2.23. The molecule has 0 spiro atoms. The van der Waals surface area contributed by atoms with E-state index in [0.29, 0.717) is 6.42 Å². The number of alkyl carbamates (subject to hydrolysis) is 3. The highest BCUT2D eigenvalue weighted by Crippen LogP contribution is 2.08. The fourth-order valence-electron chi connectivity index (χ4n) is 3.03. The molecule has 5 amide bonds. The van der Waals surface area contributed by atoms with E-state index < -0.39 is 47.3 Å². The molecule has 13 heteroatoms. The van der Waals surface area contributed by atoms with Gasteiger partial charge in [-0.15, -0.1) is 0 Å². The van der Waals surface area contributed by atoms with E-state index in [1.807, 2.05) is 30.3 Å². The Kier molecular flexibility index (Phi) is 14.3. The molecule has 0 aliphatic rings. The summed E-state index contributed by atoms with van der Waals surface area (Å²) in [5.41, 5.74) is -0.585. The summed E-state index contributed by atoms with van der Waals surface area (Å²) in [7, 11) is 0. The molecule has 0 bridgehead atoms. The molecule has 0 saturated carbocycles. The van der Waals surface area contributed by atoms with Gasteiger partial charge in [-0.3, -0.25) is 9.59 Å². The Morgan fingerprint density at radius 1 is 0.725 bits per heavy atom. The van der Waals surface area contributed by atoms with E-state index in [1.54, 1.807) is 41.5 Å². The topological polar surface area (TPSA) is 173 Å². The van der Waals surface area contributed by atoms with Crippen LogP contribution in [0.15, 0.2) is 30.3 Å². The zero-order valence-corrected chi connectivity index (χ0v) is 24.2. The van der Waals surface area contributed by atoms with E-state index in [0.717, 1.165) is 5.56 Å². The van der Waals surface area contributed by atoms with E-state index in [4.69, 9.17) is 14.2 Å². The minimum absolute atomic E-state index is 0.0828. The maximum absolute atomic E-state index is 12.7. The van der Waals surface area contributed by atoms with Crippen molar-refractivity contribution in [3.8, 4) is 0 Å².